The summed E-state index contributed by atoms with van der Waals surface area (Å²) in [5.74, 6) is -0.153. The molecule has 6 nitrogen and oxygen atoms in total. The van der Waals surface area contributed by atoms with Crippen LogP contribution in [0.5, 0.6) is 0 Å². The quantitative estimate of drug-likeness (QED) is 0.718. The Morgan fingerprint density at radius 2 is 1.80 bits per heavy atom. The molecular formula is C19H17N3O3. The second-order valence-corrected chi connectivity index (χ2v) is 5.64. The number of anilines is 1. The molecule has 1 amide bonds. The molecule has 126 valence electrons. The molecular weight excluding hydrogens is 318 g/mol. The Morgan fingerprint density at radius 1 is 1.12 bits per heavy atom. The van der Waals surface area contributed by atoms with Gasteiger partial charge in [-0.05, 0) is 17.7 Å². The van der Waals surface area contributed by atoms with Gasteiger partial charge in [-0.1, -0.05) is 42.5 Å². The molecule has 0 atom stereocenters. The number of hydrogen-bond donors (Lipinski definition) is 2. The molecule has 0 spiro atoms. The third-order valence-corrected chi connectivity index (χ3v) is 3.67. The molecule has 0 bridgehead atoms. The van der Waals surface area contributed by atoms with E-state index in [1.165, 1.54) is 13.1 Å². The van der Waals surface area contributed by atoms with Crippen molar-refractivity contribution < 1.29 is 10.0 Å². The second kappa shape index (κ2) is 7.00. The zero-order chi connectivity index (χ0) is 17.8. The van der Waals surface area contributed by atoms with Crippen LogP contribution in [0, 0.1) is 0 Å². The molecule has 2 aromatic carbocycles. The number of hydrogen-bond acceptors (Lipinski definition) is 4. The van der Waals surface area contributed by atoms with Crippen LogP contribution in [0.2, 0.25) is 0 Å². The lowest BCUT2D eigenvalue weighted by Crippen LogP contribution is -2.24. The summed E-state index contributed by atoms with van der Waals surface area (Å²) >= 11 is 0. The van der Waals surface area contributed by atoms with Crippen molar-refractivity contribution in [2.24, 2.45) is 0 Å². The van der Waals surface area contributed by atoms with E-state index in [1.807, 2.05) is 30.3 Å². The van der Waals surface area contributed by atoms with Gasteiger partial charge in [-0.3, -0.25) is 9.59 Å². The molecule has 0 saturated carbocycles. The van der Waals surface area contributed by atoms with E-state index in [1.54, 1.807) is 24.3 Å². The summed E-state index contributed by atoms with van der Waals surface area (Å²) in [7, 11) is 0. The summed E-state index contributed by atoms with van der Waals surface area (Å²) in [5, 5.41) is 12.6. The monoisotopic (exact) mass is 335 g/mol. The largest absolute Gasteiger partial charge is 0.425 e. The molecule has 0 unspecified atom stereocenters. The number of amides is 1. The molecule has 3 aromatic rings. The Kier molecular flexibility index (Phi) is 4.61. The topological polar surface area (TPSA) is 84.2 Å². The first-order valence-electron chi connectivity index (χ1n) is 7.77. The summed E-state index contributed by atoms with van der Waals surface area (Å²) in [6, 6.07) is 16.5. The predicted octanol–water partition coefficient (Wildman–Crippen LogP) is 2.70. The highest BCUT2D eigenvalue weighted by atomic mass is 16.5. The fourth-order valence-electron chi connectivity index (χ4n) is 2.50. The van der Waals surface area contributed by atoms with E-state index in [9.17, 15) is 14.8 Å². The highest BCUT2D eigenvalue weighted by Crippen LogP contribution is 2.19. The summed E-state index contributed by atoms with van der Waals surface area (Å²) in [5.41, 5.74) is 2.52. The minimum atomic E-state index is -0.539. The van der Waals surface area contributed by atoms with E-state index < -0.39 is 5.56 Å². The molecule has 0 aliphatic heterocycles. The van der Waals surface area contributed by atoms with Crippen LogP contribution in [0.25, 0.3) is 11.3 Å². The Labute approximate surface area is 144 Å². The van der Waals surface area contributed by atoms with Crippen LogP contribution >= 0.6 is 0 Å². The van der Waals surface area contributed by atoms with Crippen LogP contribution in [-0.2, 0) is 11.2 Å². The number of rotatable bonds is 4. The van der Waals surface area contributed by atoms with E-state index in [-0.39, 0.29) is 11.6 Å². The van der Waals surface area contributed by atoms with Crippen LogP contribution in [-0.4, -0.2) is 20.8 Å². The summed E-state index contributed by atoms with van der Waals surface area (Å²) in [4.78, 5) is 27.6. The van der Waals surface area contributed by atoms with Gasteiger partial charge in [-0.2, -0.15) is 4.73 Å². The lowest BCUT2D eigenvalue weighted by molar-refractivity contribution is -0.114. The van der Waals surface area contributed by atoms with Gasteiger partial charge in [0, 0.05) is 24.6 Å². The van der Waals surface area contributed by atoms with Gasteiger partial charge < -0.3 is 10.5 Å². The average molecular weight is 335 g/mol. The Bertz CT molecular complexity index is 948. The summed E-state index contributed by atoms with van der Waals surface area (Å²) in [6.07, 6.45) is 1.61. The number of aromatic nitrogens is 2. The van der Waals surface area contributed by atoms with Crippen molar-refractivity contribution in [1.82, 2.24) is 9.71 Å². The lowest BCUT2D eigenvalue weighted by Gasteiger charge is -2.08. The predicted molar refractivity (Wildman–Crippen MR) is 94.7 cm³/mol. The molecule has 25 heavy (non-hydrogen) atoms. The highest BCUT2D eigenvalue weighted by Gasteiger charge is 2.11. The van der Waals surface area contributed by atoms with Gasteiger partial charge in [0.1, 0.15) is 5.69 Å². The maximum Gasteiger partial charge on any atom is 0.304 e. The molecule has 0 radical (unpaired) electrons. The Hall–Kier alpha value is -3.41. The third kappa shape index (κ3) is 3.92. The minimum Gasteiger partial charge on any atom is -0.425 e. The van der Waals surface area contributed by atoms with Crippen LogP contribution in [0.15, 0.2) is 65.6 Å². The molecule has 1 aromatic heterocycles. The third-order valence-electron chi connectivity index (χ3n) is 3.67. The van der Waals surface area contributed by atoms with Crippen molar-refractivity contribution in [2.45, 2.75) is 13.3 Å². The average Bonchev–Trinajstić information content (AvgIpc) is 2.60. The van der Waals surface area contributed by atoms with Crippen LogP contribution in [0.3, 0.4) is 0 Å². The van der Waals surface area contributed by atoms with E-state index in [4.69, 9.17) is 0 Å². The van der Waals surface area contributed by atoms with Gasteiger partial charge in [-0.25, -0.2) is 4.98 Å². The first-order valence-corrected chi connectivity index (χ1v) is 7.77. The highest BCUT2D eigenvalue weighted by molar-refractivity contribution is 5.88. The van der Waals surface area contributed by atoms with E-state index in [0.717, 1.165) is 11.1 Å². The van der Waals surface area contributed by atoms with Gasteiger partial charge in [0.2, 0.25) is 5.91 Å². The molecule has 3 rings (SSSR count). The molecule has 0 saturated heterocycles. The molecule has 1 heterocycles. The fourth-order valence-corrected chi connectivity index (χ4v) is 2.50. The molecule has 2 N–H and O–H groups in total. The van der Waals surface area contributed by atoms with Crippen molar-refractivity contribution >= 4 is 11.6 Å². The zero-order valence-electron chi connectivity index (χ0n) is 13.6. The lowest BCUT2D eigenvalue weighted by atomic mass is 10.1. The maximum absolute atomic E-state index is 12.1. The van der Waals surface area contributed by atoms with Crippen molar-refractivity contribution in [3.8, 4) is 11.3 Å². The first-order chi connectivity index (χ1) is 12.0. The maximum atomic E-state index is 12.1. The Morgan fingerprint density at radius 3 is 2.44 bits per heavy atom. The number of carbonyl (C=O) groups excluding carboxylic acids is 1. The van der Waals surface area contributed by atoms with Gasteiger partial charge in [-0.15, -0.1) is 0 Å². The number of carbonyl (C=O) groups is 1. The molecule has 0 aliphatic carbocycles. The summed E-state index contributed by atoms with van der Waals surface area (Å²) in [6.45, 7) is 1.44. The molecule has 0 fully saturated rings. The van der Waals surface area contributed by atoms with Crippen molar-refractivity contribution in [2.75, 3.05) is 5.32 Å². The van der Waals surface area contributed by atoms with Crippen LogP contribution < -0.4 is 10.9 Å². The van der Waals surface area contributed by atoms with Gasteiger partial charge in [0.25, 0.3) is 0 Å². The van der Waals surface area contributed by atoms with Crippen LogP contribution in [0.1, 0.15) is 18.2 Å². The first kappa shape index (κ1) is 16.4. The molecule has 6 heteroatoms. The van der Waals surface area contributed by atoms with Crippen molar-refractivity contribution in [3.05, 3.63) is 82.4 Å². The van der Waals surface area contributed by atoms with Gasteiger partial charge >= 0.3 is 5.56 Å². The number of benzene rings is 2. The van der Waals surface area contributed by atoms with Gasteiger partial charge in [0.15, 0.2) is 0 Å². The minimum absolute atomic E-state index is 0.153. The normalized spacial score (nSPS) is 10.4. The van der Waals surface area contributed by atoms with E-state index >= 15 is 0 Å². The second-order valence-electron chi connectivity index (χ2n) is 5.64. The Balaban J connectivity index is 1.94. The smallest absolute Gasteiger partial charge is 0.304 e. The SMILES string of the molecule is CC(=O)Nc1ccc(-c2cn(O)c(=O)c(Cc3ccccc3)n2)cc1. The zero-order valence-corrected chi connectivity index (χ0v) is 13.6. The van der Waals surface area contributed by atoms with Crippen molar-refractivity contribution in [3.63, 3.8) is 0 Å². The number of nitrogens with one attached hydrogen (secondary N) is 1. The van der Waals surface area contributed by atoms with Crippen molar-refractivity contribution in [1.29, 1.82) is 0 Å². The van der Waals surface area contributed by atoms with E-state index in [0.29, 0.717) is 22.5 Å². The van der Waals surface area contributed by atoms with Crippen LogP contribution in [0.4, 0.5) is 5.69 Å². The number of nitrogens with zero attached hydrogens (tertiary/aromatic N) is 2. The van der Waals surface area contributed by atoms with Gasteiger partial charge in [0.05, 0.1) is 11.9 Å². The van der Waals surface area contributed by atoms with E-state index in [2.05, 4.69) is 10.3 Å². The fraction of sp³-hybridized carbons (Fsp3) is 0.105. The molecule has 0 aliphatic rings. The summed E-state index contributed by atoms with van der Waals surface area (Å²) < 4.78 is 0.558. The standard InChI is InChI=1S/C19H17N3O3/c1-13(23)20-16-9-7-15(8-10-16)18-12-22(25)19(24)17(21-18)11-14-5-3-2-4-6-14/h2-10,12,25H,11H2,1H3,(H,20,23).